The van der Waals surface area contributed by atoms with E-state index < -0.39 is 12.2 Å². The quantitative estimate of drug-likeness (QED) is 0.609. The predicted octanol–water partition coefficient (Wildman–Crippen LogP) is -0.731. The SMILES string of the molecule is Cc1nnc(N2CC(O)C(O)C2)c(C(N)=S)c1C. The molecule has 0 amide bonds. The molecule has 7 heteroatoms. The van der Waals surface area contributed by atoms with E-state index in [1.807, 2.05) is 13.8 Å². The van der Waals surface area contributed by atoms with Crippen molar-refractivity contribution < 1.29 is 10.2 Å². The molecule has 1 fully saturated rings. The van der Waals surface area contributed by atoms with Crippen molar-refractivity contribution >= 4 is 23.0 Å². The number of aliphatic hydroxyl groups is 2. The smallest absolute Gasteiger partial charge is 0.162 e. The molecule has 1 aliphatic rings. The summed E-state index contributed by atoms with van der Waals surface area (Å²) in [7, 11) is 0. The molecule has 0 saturated carbocycles. The number of anilines is 1. The summed E-state index contributed by atoms with van der Waals surface area (Å²) < 4.78 is 0. The van der Waals surface area contributed by atoms with Gasteiger partial charge in [-0.05, 0) is 19.4 Å². The Hall–Kier alpha value is -1.31. The van der Waals surface area contributed by atoms with Crippen LogP contribution in [0.15, 0.2) is 0 Å². The van der Waals surface area contributed by atoms with E-state index in [1.165, 1.54) is 0 Å². The van der Waals surface area contributed by atoms with Crippen molar-refractivity contribution in [1.29, 1.82) is 0 Å². The van der Waals surface area contributed by atoms with Gasteiger partial charge in [0.2, 0.25) is 0 Å². The minimum atomic E-state index is -0.785. The monoisotopic (exact) mass is 268 g/mol. The molecule has 4 N–H and O–H groups in total. The number of hydrogen-bond donors (Lipinski definition) is 3. The van der Waals surface area contributed by atoms with E-state index in [-0.39, 0.29) is 4.99 Å². The third-order valence-corrected chi connectivity index (χ3v) is 3.45. The fraction of sp³-hybridized carbons (Fsp3) is 0.545. The summed E-state index contributed by atoms with van der Waals surface area (Å²) in [5, 5.41) is 27.3. The van der Waals surface area contributed by atoms with E-state index in [4.69, 9.17) is 18.0 Å². The average Bonchev–Trinajstić information content (AvgIpc) is 2.62. The van der Waals surface area contributed by atoms with Gasteiger partial charge in [0.05, 0.1) is 23.5 Å². The first kappa shape index (κ1) is 13.1. The fourth-order valence-corrected chi connectivity index (χ4v) is 2.30. The van der Waals surface area contributed by atoms with E-state index >= 15 is 0 Å². The Balaban J connectivity index is 2.45. The zero-order chi connectivity index (χ0) is 13.4. The van der Waals surface area contributed by atoms with Gasteiger partial charge in [-0.1, -0.05) is 12.2 Å². The standard InChI is InChI=1S/C11H16N4O2S/c1-5-6(2)13-14-11(9(5)10(12)18)15-3-7(16)8(17)4-15/h7-8,16-17H,3-4H2,1-2H3,(H2,12,18). The van der Waals surface area contributed by atoms with Gasteiger partial charge in [-0.25, -0.2) is 0 Å². The van der Waals surface area contributed by atoms with Crippen molar-refractivity contribution in [3.05, 3.63) is 16.8 Å². The minimum absolute atomic E-state index is 0.247. The predicted molar refractivity (Wildman–Crippen MR) is 71.6 cm³/mol. The molecular formula is C11H16N4O2S. The van der Waals surface area contributed by atoms with Crippen molar-refractivity contribution in [2.75, 3.05) is 18.0 Å². The zero-order valence-electron chi connectivity index (χ0n) is 10.3. The first-order chi connectivity index (χ1) is 8.41. The van der Waals surface area contributed by atoms with Crippen molar-refractivity contribution in [2.45, 2.75) is 26.1 Å². The molecule has 98 valence electrons. The van der Waals surface area contributed by atoms with Crippen LogP contribution in [-0.2, 0) is 0 Å². The second-order valence-electron chi connectivity index (χ2n) is 4.51. The van der Waals surface area contributed by atoms with Gasteiger partial charge in [-0.2, -0.15) is 5.10 Å². The van der Waals surface area contributed by atoms with Crippen LogP contribution in [0.3, 0.4) is 0 Å². The second kappa shape index (κ2) is 4.75. The van der Waals surface area contributed by atoms with Crippen LogP contribution in [0.25, 0.3) is 0 Å². The van der Waals surface area contributed by atoms with Crippen LogP contribution in [-0.4, -0.2) is 50.7 Å². The number of hydrogen-bond acceptors (Lipinski definition) is 6. The van der Waals surface area contributed by atoms with E-state index in [9.17, 15) is 10.2 Å². The zero-order valence-corrected chi connectivity index (χ0v) is 11.1. The number of β-amino-alcohol motifs (C(OH)–C–C–N with tert-alkyl or cyclic N) is 2. The molecule has 1 aliphatic heterocycles. The lowest BCUT2D eigenvalue weighted by Crippen LogP contribution is -2.27. The third-order valence-electron chi connectivity index (χ3n) is 3.24. The summed E-state index contributed by atoms with van der Waals surface area (Å²) in [6.45, 7) is 4.31. The van der Waals surface area contributed by atoms with Crippen LogP contribution in [0.1, 0.15) is 16.8 Å². The molecule has 2 unspecified atom stereocenters. The maximum Gasteiger partial charge on any atom is 0.162 e. The molecule has 0 radical (unpaired) electrons. The van der Waals surface area contributed by atoms with Gasteiger partial charge < -0.3 is 20.8 Å². The Morgan fingerprint density at radius 2 is 1.83 bits per heavy atom. The normalized spacial score (nSPS) is 23.4. The minimum Gasteiger partial charge on any atom is -0.389 e. The molecular weight excluding hydrogens is 252 g/mol. The van der Waals surface area contributed by atoms with E-state index in [2.05, 4.69) is 10.2 Å². The molecule has 0 aliphatic carbocycles. The molecule has 0 spiro atoms. The van der Waals surface area contributed by atoms with Gasteiger partial charge in [0.25, 0.3) is 0 Å². The van der Waals surface area contributed by atoms with Crippen molar-refractivity contribution in [2.24, 2.45) is 5.73 Å². The van der Waals surface area contributed by atoms with Crippen molar-refractivity contribution in [1.82, 2.24) is 10.2 Å². The molecule has 2 heterocycles. The number of nitrogens with zero attached hydrogens (tertiary/aromatic N) is 3. The molecule has 6 nitrogen and oxygen atoms in total. The Morgan fingerprint density at radius 1 is 1.28 bits per heavy atom. The van der Waals surface area contributed by atoms with Gasteiger partial charge in [0, 0.05) is 13.1 Å². The molecule has 18 heavy (non-hydrogen) atoms. The summed E-state index contributed by atoms with van der Waals surface area (Å²) in [4.78, 5) is 2.00. The van der Waals surface area contributed by atoms with Crippen LogP contribution >= 0.6 is 12.2 Å². The molecule has 0 bridgehead atoms. The van der Waals surface area contributed by atoms with E-state index in [0.29, 0.717) is 24.5 Å². The van der Waals surface area contributed by atoms with Crippen molar-refractivity contribution in [3.63, 3.8) is 0 Å². The Morgan fingerprint density at radius 3 is 2.33 bits per heavy atom. The highest BCUT2D eigenvalue weighted by Gasteiger charge is 2.32. The summed E-state index contributed by atoms with van der Waals surface area (Å²) in [6, 6.07) is 0. The van der Waals surface area contributed by atoms with Crippen LogP contribution in [0.2, 0.25) is 0 Å². The van der Waals surface area contributed by atoms with E-state index in [1.54, 1.807) is 4.90 Å². The highest BCUT2D eigenvalue weighted by Crippen LogP contribution is 2.25. The van der Waals surface area contributed by atoms with Crippen LogP contribution < -0.4 is 10.6 Å². The number of aliphatic hydroxyl groups excluding tert-OH is 2. The number of nitrogens with two attached hydrogens (primary N) is 1. The summed E-state index contributed by atoms with van der Waals surface area (Å²) in [6.07, 6.45) is -1.57. The molecule has 2 atom stereocenters. The molecule has 1 saturated heterocycles. The highest BCUT2D eigenvalue weighted by atomic mass is 32.1. The van der Waals surface area contributed by atoms with Crippen molar-refractivity contribution in [3.8, 4) is 0 Å². The van der Waals surface area contributed by atoms with Gasteiger partial charge in [0.15, 0.2) is 5.82 Å². The van der Waals surface area contributed by atoms with Crippen LogP contribution in [0.5, 0.6) is 0 Å². The first-order valence-electron chi connectivity index (χ1n) is 5.66. The highest BCUT2D eigenvalue weighted by molar-refractivity contribution is 7.80. The molecule has 2 rings (SSSR count). The van der Waals surface area contributed by atoms with Gasteiger partial charge in [0.1, 0.15) is 4.99 Å². The van der Waals surface area contributed by atoms with Gasteiger partial charge in [-0.15, -0.1) is 5.10 Å². The lowest BCUT2D eigenvalue weighted by atomic mass is 10.1. The molecule has 0 aromatic carbocycles. The summed E-state index contributed by atoms with van der Waals surface area (Å²) >= 11 is 5.05. The van der Waals surface area contributed by atoms with Gasteiger partial charge >= 0.3 is 0 Å². The fourth-order valence-electron chi connectivity index (χ4n) is 2.05. The lowest BCUT2D eigenvalue weighted by Gasteiger charge is -2.20. The number of thiocarbonyl (C=S) groups is 1. The van der Waals surface area contributed by atoms with Crippen LogP contribution in [0.4, 0.5) is 5.82 Å². The largest absolute Gasteiger partial charge is 0.389 e. The Kier molecular flexibility index (Phi) is 3.47. The first-order valence-corrected chi connectivity index (χ1v) is 6.07. The summed E-state index contributed by atoms with van der Waals surface area (Å²) in [5.41, 5.74) is 8.04. The lowest BCUT2D eigenvalue weighted by molar-refractivity contribution is 0.0572. The molecule has 1 aromatic heterocycles. The van der Waals surface area contributed by atoms with Gasteiger partial charge in [-0.3, -0.25) is 0 Å². The third kappa shape index (κ3) is 2.16. The number of aromatic nitrogens is 2. The number of aryl methyl sites for hydroxylation is 1. The van der Waals surface area contributed by atoms with E-state index in [0.717, 1.165) is 11.3 Å². The maximum absolute atomic E-state index is 9.58. The molecule has 1 aromatic rings. The topological polar surface area (TPSA) is 95.5 Å². The Bertz CT molecular complexity index is 484. The second-order valence-corrected chi connectivity index (χ2v) is 4.95. The summed E-state index contributed by atoms with van der Waals surface area (Å²) in [5.74, 6) is 0.529. The van der Waals surface area contributed by atoms with Crippen LogP contribution in [0, 0.1) is 13.8 Å². The average molecular weight is 268 g/mol. The Labute approximate surface area is 110 Å². The maximum atomic E-state index is 9.58. The number of rotatable bonds is 2.